The molecule has 0 saturated carbocycles. The number of benzene rings is 2. The molecular formula is C17H17NO4S. The van der Waals surface area contributed by atoms with E-state index in [1.165, 1.54) is 23.9 Å². The first-order chi connectivity index (χ1) is 11.0. The fourth-order valence-corrected chi connectivity index (χ4v) is 2.85. The second kappa shape index (κ2) is 7.78. The van der Waals surface area contributed by atoms with Gasteiger partial charge in [0.1, 0.15) is 11.4 Å². The number of nitrogens with zero attached hydrogens (tertiary/aromatic N) is 1. The van der Waals surface area contributed by atoms with Gasteiger partial charge in [0.2, 0.25) is 0 Å². The topological polar surface area (TPSA) is 69.4 Å². The number of carbonyl (C=O) groups is 1. The van der Waals surface area contributed by atoms with Crippen molar-refractivity contribution < 1.29 is 14.5 Å². The van der Waals surface area contributed by atoms with Crippen molar-refractivity contribution in [3.63, 3.8) is 0 Å². The second-order valence-corrected chi connectivity index (χ2v) is 6.42. The van der Waals surface area contributed by atoms with Gasteiger partial charge in [0.25, 0.3) is 5.69 Å². The van der Waals surface area contributed by atoms with Crippen LogP contribution in [0.5, 0.6) is 0 Å². The first-order valence-corrected chi connectivity index (χ1v) is 8.02. The summed E-state index contributed by atoms with van der Waals surface area (Å²) in [6, 6.07) is 15.7. The molecule has 0 spiro atoms. The molecule has 0 aliphatic rings. The van der Waals surface area contributed by atoms with Gasteiger partial charge in [-0.2, -0.15) is 0 Å². The maximum atomic E-state index is 12.2. The van der Waals surface area contributed by atoms with E-state index >= 15 is 0 Å². The van der Waals surface area contributed by atoms with Gasteiger partial charge in [0.15, 0.2) is 0 Å². The second-order valence-electron chi connectivity index (χ2n) is 5.00. The van der Waals surface area contributed by atoms with Crippen LogP contribution in [0.3, 0.4) is 0 Å². The highest BCUT2D eigenvalue weighted by Gasteiger charge is 2.20. The minimum absolute atomic E-state index is 0.0166. The normalized spacial score (nSPS) is 13.1. The molecule has 0 N–H and O–H groups in total. The highest BCUT2D eigenvalue weighted by Crippen LogP contribution is 2.27. The lowest BCUT2D eigenvalue weighted by atomic mass is 10.1. The third kappa shape index (κ3) is 4.82. The van der Waals surface area contributed by atoms with Crippen LogP contribution >= 0.6 is 11.8 Å². The van der Waals surface area contributed by atoms with Gasteiger partial charge in [0.05, 0.1) is 4.92 Å². The van der Waals surface area contributed by atoms with Gasteiger partial charge in [-0.15, -0.1) is 11.8 Å². The van der Waals surface area contributed by atoms with Crippen molar-refractivity contribution >= 4 is 23.4 Å². The van der Waals surface area contributed by atoms with Gasteiger partial charge in [-0.05, 0) is 31.5 Å². The van der Waals surface area contributed by atoms with Gasteiger partial charge in [-0.25, -0.2) is 0 Å². The lowest BCUT2D eigenvalue weighted by molar-refractivity contribution is -0.385. The Morgan fingerprint density at radius 2 is 1.83 bits per heavy atom. The highest BCUT2D eigenvalue weighted by molar-refractivity contribution is 8.00. The minimum atomic E-state index is -0.541. The number of carbonyl (C=O) groups excluding carboxylic acids is 1. The van der Waals surface area contributed by atoms with E-state index in [-0.39, 0.29) is 16.9 Å². The summed E-state index contributed by atoms with van der Waals surface area (Å²) in [4.78, 5) is 23.5. The van der Waals surface area contributed by atoms with Gasteiger partial charge in [-0.1, -0.05) is 30.3 Å². The smallest absolute Gasteiger partial charge is 0.319 e. The summed E-state index contributed by atoms with van der Waals surface area (Å²) in [5.41, 5.74) is 0.585. The Bertz CT molecular complexity index is 690. The number of rotatable bonds is 6. The van der Waals surface area contributed by atoms with E-state index in [1.54, 1.807) is 26.0 Å². The summed E-state index contributed by atoms with van der Waals surface area (Å²) in [5, 5.41) is 10.4. The van der Waals surface area contributed by atoms with Crippen molar-refractivity contribution in [3.05, 3.63) is 70.3 Å². The molecule has 0 saturated heterocycles. The van der Waals surface area contributed by atoms with Gasteiger partial charge in [-0.3, -0.25) is 14.9 Å². The van der Waals surface area contributed by atoms with Crippen molar-refractivity contribution in [2.24, 2.45) is 0 Å². The molecule has 5 nitrogen and oxygen atoms in total. The predicted molar refractivity (Wildman–Crippen MR) is 89.4 cm³/mol. The number of nitro groups is 1. The van der Waals surface area contributed by atoms with Crippen LogP contribution in [0.1, 0.15) is 25.5 Å². The van der Waals surface area contributed by atoms with Crippen molar-refractivity contribution in [2.75, 3.05) is 0 Å². The van der Waals surface area contributed by atoms with Gasteiger partial charge in [0, 0.05) is 17.0 Å². The van der Waals surface area contributed by atoms with Gasteiger partial charge >= 0.3 is 5.97 Å². The highest BCUT2D eigenvalue weighted by atomic mass is 32.2. The number of hydrogen-bond acceptors (Lipinski definition) is 5. The number of thioether (sulfide) groups is 1. The number of non-ortho nitro benzene ring substituents is 1. The van der Waals surface area contributed by atoms with Crippen LogP contribution in [0.25, 0.3) is 0 Å². The first-order valence-electron chi connectivity index (χ1n) is 7.14. The average Bonchev–Trinajstić information content (AvgIpc) is 2.55. The monoisotopic (exact) mass is 331 g/mol. The predicted octanol–water partition coefficient (Wildman–Crippen LogP) is 4.38. The van der Waals surface area contributed by atoms with Crippen LogP contribution in [0.15, 0.2) is 59.5 Å². The number of hydrogen-bond donors (Lipinski definition) is 0. The fraction of sp³-hybridized carbons (Fsp3) is 0.235. The zero-order valence-electron chi connectivity index (χ0n) is 12.8. The SMILES string of the molecule is C[C@H](Sc1ccccc1)C(=O)O[C@H](C)c1cccc([N+](=O)[O-])c1. The van der Waals surface area contributed by atoms with E-state index < -0.39 is 11.0 Å². The largest absolute Gasteiger partial charge is 0.457 e. The van der Waals surface area contributed by atoms with Crippen LogP contribution in [-0.4, -0.2) is 16.1 Å². The molecule has 0 bridgehead atoms. The molecule has 0 aliphatic carbocycles. The van der Waals surface area contributed by atoms with E-state index in [0.29, 0.717) is 5.56 Å². The minimum Gasteiger partial charge on any atom is -0.457 e. The lowest BCUT2D eigenvalue weighted by Crippen LogP contribution is -2.18. The van der Waals surface area contributed by atoms with Crippen LogP contribution < -0.4 is 0 Å². The molecule has 23 heavy (non-hydrogen) atoms. The quantitative estimate of drug-likeness (QED) is 0.340. The van der Waals surface area contributed by atoms with E-state index in [1.807, 2.05) is 30.3 Å². The fourth-order valence-electron chi connectivity index (χ4n) is 1.98. The molecule has 6 heteroatoms. The van der Waals surface area contributed by atoms with Crippen molar-refractivity contribution in [3.8, 4) is 0 Å². The van der Waals surface area contributed by atoms with Crippen LogP contribution in [0.4, 0.5) is 5.69 Å². The Kier molecular flexibility index (Phi) is 5.76. The van der Waals surface area contributed by atoms with Crippen molar-refractivity contribution in [2.45, 2.75) is 30.1 Å². The Morgan fingerprint density at radius 3 is 2.48 bits per heavy atom. The van der Waals surface area contributed by atoms with Crippen LogP contribution in [0.2, 0.25) is 0 Å². The summed E-state index contributed by atoms with van der Waals surface area (Å²) < 4.78 is 5.42. The molecule has 2 aromatic carbocycles. The van der Waals surface area contributed by atoms with Crippen molar-refractivity contribution in [1.29, 1.82) is 0 Å². The van der Waals surface area contributed by atoms with Crippen LogP contribution in [0, 0.1) is 10.1 Å². The molecule has 2 rings (SSSR count). The molecule has 120 valence electrons. The number of esters is 1. The summed E-state index contributed by atoms with van der Waals surface area (Å²) in [7, 11) is 0. The number of nitro benzene ring substituents is 1. The number of ether oxygens (including phenoxy) is 1. The molecule has 0 amide bonds. The molecule has 2 aromatic rings. The Morgan fingerprint density at radius 1 is 1.13 bits per heavy atom. The molecule has 0 radical (unpaired) electrons. The summed E-state index contributed by atoms with van der Waals surface area (Å²) in [6.07, 6.45) is -0.541. The van der Waals surface area contributed by atoms with E-state index in [0.717, 1.165) is 4.90 Å². The van der Waals surface area contributed by atoms with Crippen LogP contribution in [-0.2, 0) is 9.53 Å². The zero-order chi connectivity index (χ0) is 16.8. The maximum absolute atomic E-state index is 12.2. The first kappa shape index (κ1) is 17.0. The molecule has 2 atom stereocenters. The standard InChI is InChI=1S/C17H17NO4S/c1-12(14-7-6-8-15(11-14)18(20)21)22-17(19)13(2)23-16-9-4-3-5-10-16/h3-13H,1-2H3/t12-,13+/m1/s1. The third-order valence-corrected chi connectivity index (χ3v) is 4.32. The molecule has 0 fully saturated rings. The van der Waals surface area contributed by atoms with E-state index in [9.17, 15) is 14.9 Å². The maximum Gasteiger partial charge on any atom is 0.319 e. The zero-order valence-corrected chi connectivity index (χ0v) is 13.7. The third-order valence-electron chi connectivity index (χ3n) is 3.23. The van der Waals surface area contributed by atoms with Gasteiger partial charge < -0.3 is 4.74 Å². The Balaban J connectivity index is 1.99. The summed E-state index contributed by atoms with van der Waals surface area (Å²) >= 11 is 1.41. The molecule has 0 aromatic heterocycles. The summed E-state index contributed by atoms with van der Waals surface area (Å²) in [6.45, 7) is 3.48. The van der Waals surface area contributed by atoms with Crippen molar-refractivity contribution in [1.82, 2.24) is 0 Å². The lowest BCUT2D eigenvalue weighted by Gasteiger charge is -2.17. The van der Waals surface area contributed by atoms with E-state index in [2.05, 4.69) is 0 Å². The summed E-state index contributed by atoms with van der Waals surface area (Å²) in [5.74, 6) is -0.349. The molecule has 0 aliphatic heterocycles. The molecule has 0 unspecified atom stereocenters. The molecule has 0 heterocycles. The Labute approximate surface area is 138 Å². The average molecular weight is 331 g/mol. The van der Waals surface area contributed by atoms with E-state index in [4.69, 9.17) is 4.74 Å². The molecular weight excluding hydrogens is 314 g/mol. The Hall–Kier alpha value is -2.34.